The third-order valence-electron chi connectivity index (χ3n) is 4.81. The van der Waals surface area contributed by atoms with Crippen LogP contribution in [0.3, 0.4) is 0 Å². The molecule has 0 atom stereocenters. The minimum atomic E-state index is -3.28. The van der Waals surface area contributed by atoms with Gasteiger partial charge in [-0.2, -0.15) is 17.0 Å². The Morgan fingerprint density at radius 1 is 0.857 bits per heavy atom. The number of piperazine rings is 1. The van der Waals surface area contributed by atoms with E-state index < -0.39 is 10.2 Å². The molecule has 7 heteroatoms. The van der Waals surface area contributed by atoms with Gasteiger partial charge in [-0.15, -0.1) is 0 Å². The molecule has 21 heavy (non-hydrogen) atoms. The Morgan fingerprint density at radius 2 is 1.33 bits per heavy atom. The van der Waals surface area contributed by atoms with Crippen LogP contribution in [-0.2, 0) is 10.2 Å². The van der Waals surface area contributed by atoms with Gasteiger partial charge in [-0.3, -0.25) is 4.90 Å². The Balaban J connectivity index is 1.97. The summed E-state index contributed by atoms with van der Waals surface area (Å²) in [5.74, 6) is 0. The zero-order valence-corrected chi connectivity index (χ0v) is 14.2. The van der Waals surface area contributed by atoms with Crippen LogP contribution in [-0.4, -0.2) is 73.3 Å². The van der Waals surface area contributed by atoms with Gasteiger partial charge in [0, 0.05) is 51.4 Å². The second kappa shape index (κ2) is 6.91. The molecular weight excluding hydrogens is 288 g/mol. The molecule has 2 saturated heterocycles. The van der Waals surface area contributed by atoms with Crippen molar-refractivity contribution in [3.63, 3.8) is 0 Å². The molecule has 0 spiro atoms. The highest BCUT2D eigenvalue weighted by molar-refractivity contribution is 7.86. The fourth-order valence-electron chi connectivity index (χ4n) is 3.09. The second-order valence-corrected chi connectivity index (χ2v) is 8.65. The largest absolute Gasteiger partial charge is 0.329 e. The lowest BCUT2D eigenvalue weighted by atomic mass is 10.0. The highest BCUT2D eigenvalue weighted by atomic mass is 32.2. The van der Waals surface area contributed by atoms with E-state index in [9.17, 15) is 8.42 Å². The van der Waals surface area contributed by atoms with Crippen LogP contribution < -0.4 is 5.73 Å². The monoisotopic (exact) mass is 318 g/mol. The molecule has 2 fully saturated rings. The van der Waals surface area contributed by atoms with Crippen LogP contribution in [0, 0.1) is 0 Å². The molecule has 2 aliphatic heterocycles. The Hall–Kier alpha value is -0.210. The molecule has 2 N–H and O–H groups in total. The van der Waals surface area contributed by atoms with Crippen molar-refractivity contribution in [1.82, 2.24) is 13.5 Å². The van der Waals surface area contributed by atoms with Gasteiger partial charge in [0.05, 0.1) is 0 Å². The minimum absolute atomic E-state index is 0.0571. The lowest BCUT2D eigenvalue weighted by Crippen LogP contribution is -2.59. The third-order valence-corrected chi connectivity index (χ3v) is 6.85. The van der Waals surface area contributed by atoms with Crippen LogP contribution in [0.2, 0.25) is 0 Å². The number of hydrogen-bond acceptors (Lipinski definition) is 4. The Morgan fingerprint density at radius 3 is 1.81 bits per heavy atom. The molecular formula is C14H30N4O2S. The maximum atomic E-state index is 12.7. The van der Waals surface area contributed by atoms with E-state index in [-0.39, 0.29) is 5.54 Å². The molecule has 0 radical (unpaired) electrons. The van der Waals surface area contributed by atoms with Gasteiger partial charge in [-0.1, -0.05) is 12.8 Å². The molecule has 0 aromatic heterocycles. The van der Waals surface area contributed by atoms with Crippen molar-refractivity contribution < 1.29 is 8.42 Å². The Bertz CT molecular complexity index is 422. The maximum absolute atomic E-state index is 12.7. The lowest BCUT2D eigenvalue weighted by molar-refractivity contribution is 0.0828. The first-order valence-electron chi connectivity index (χ1n) is 8.08. The SMILES string of the molecule is CC(C)(CN)N1CCN(S(=O)(=O)N2CCCCCC2)CC1. The van der Waals surface area contributed by atoms with Gasteiger partial charge in [0.1, 0.15) is 0 Å². The molecule has 2 rings (SSSR count). The fraction of sp³-hybridized carbons (Fsp3) is 1.00. The van der Waals surface area contributed by atoms with Crippen LogP contribution in [0.5, 0.6) is 0 Å². The molecule has 0 saturated carbocycles. The van der Waals surface area contributed by atoms with E-state index in [1.807, 2.05) is 0 Å². The average Bonchev–Trinajstić information content (AvgIpc) is 2.77. The van der Waals surface area contributed by atoms with Gasteiger partial charge in [-0.05, 0) is 26.7 Å². The first-order valence-corrected chi connectivity index (χ1v) is 9.48. The summed E-state index contributed by atoms with van der Waals surface area (Å²) in [5.41, 5.74) is 5.75. The molecule has 2 heterocycles. The summed E-state index contributed by atoms with van der Waals surface area (Å²) >= 11 is 0. The van der Waals surface area contributed by atoms with E-state index in [1.54, 1.807) is 8.61 Å². The summed E-state index contributed by atoms with van der Waals surface area (Å²) < 4.78 is 28.8. The van der Waals surface area contributed by atoms with Crippen molar-refractivity contribution in [3.05, 3.63) is 0 Å². The van der Waals surface area contributed by atoms with E-state index in [0.717, 1.165) is 38.8 Å². The quantitative estimate of drug-likeness (QED) is 0.818. The molecule has 0 bridgehead atoms. The van der Waals surface area contributed by atoms with E-state index in [1.165, 1.54) is 0 Å². The van der Waals surface area contributed by atoms with Crippen LogP contribution in [0.15, 0.2) is 0 Å². The van der Waals surface area contributed by atoms with Gasteiger partial charge in [0.2, 0.25) is 0 Å². The van der Waals surface area contributed by atoms with Gasteiger partial charge >= 0.3 is 0 Å². The number of rotatable bonds is 4. The van der Waals surface area contributed by atoms with Crippen LogP contribution >= 0.6 is 0 Å². The molecule has 2 aliphatic rings. The van der Waals surface area contributed by atoms with Crippen LogP contribution in [0.25, 0.3) is 0 Å². The van der Waals surface area contributed by atoms with Crippen molar-refractivity contribution in [2.45, 2.75) is 45.1 Å². The molecule has 124 valence electrons. The Kier molecular flexibility index (Phi) is 5.65. The average molecular weight is 318 g/mol. The smallest absolute Gasteiger partial charge is 0.282 e. The topological polar surface area (TPSA) is 69.9 Å². The maximum Gasteiger partial charge on any atom is 0.282 e. The summed E-state index contributed by atoms with van der Waals surface area (Å²) in [6, 6.07) is 0. The van der Waals surface area contributed by atoms with E-state index in [0.29, 0.717) is 32.7 Å². The van der Waals surface area contributed by atoms with Crippen molar-refractivity contribution in [3.8, 4) is 0 Å². The van der Waals surface area contributed by atoms with Crippen molar-refractivity contribution >= 4 is 10.2 Å². The zero-order valence-electron chi connectivity index (χ0n) is 13.4. The highest BCUT2D eigenvalue weighted by Crippen LogP contribution is 2.20. The van der Waals surface area contributed by atoms with E-state index >= 15 is 0 Å². The molecule has 0 aromatic rings. The summed E-state index contributed by atoms with van der Waals surface area (Å²) in [5, 5.41) is 0. The molecule has 6 nitrogen and oxygen atoms in total. The van der Waals surface area contributed by atoms with Gasteiger partial charge in [0.15, 0.2) is 0 Å². The van der Waals surface area contributed by atoms with E-state index in [2.05, 4.69) is 18.7 Å². The standard InChI is InChI=1S/C14H30N4O2S/c1-14(2,13-15)16-9-11-18(12-10-16)21(19,20)17-7-5-3-4-6-8-17/h3-13,15H2,1-2H3. The second-order valence-electron chi connectivity index (χ2n) is 6.72. The summed E-state index contributed by atoms with van der Waals surface area (Å²) in [4.78, 5) is 2.29. The highest BCUT2D eigenvalue weighted by Gasteiger charge is 2.35. The lowest BCUT2D eigenvalue weighted by Gasteiger charge is -2.43. The first kappa shape index (κ1) is 17.1. The Labute approximate surface area is 129 Å². The van der Waals surface area contributed by atoms with Gasteiger partial charge < -0.3 is 5.73 Å². The molecule has 0 aromatic carbocycles. The minimum Gasteiger partial charge on any atom is -0.329 e. The number of nitrogens with two attached hydrogens (primary N) is 1. The van der Waals surface area contributed by atoms with Crippen LogP contribution in [0.4, 0.5) is 0 Å². The fourth-order valence-corrected chi connectivity index (χ4v) is 4.76. The zero-order chi connectivity index (χ0) is 15.5. The third kappa shape index (κ3) is 3.96. The number of hydrogen-bond donors (Lipinski definition) is 1. The predicted molar refractivity (Wildman–Crippen MR) is 85.2 cm³/mol. The number of nitrogens with zero attached hydrogens (tertiary/aromatic N) is 3. The normalized spacial score (nSPS) is 24.9. The summed E-state index contributed by atoms with van der Waals surface area (Å²) in [6.07, 6.45) is 4.26. The van der Waals surface area contributed by atoms with E-state index in [4.69, 9.17) is 5.73 Å². The summed E-state index contributed by atoms with van der Waals surface area (Å²) in [6.45, 7) is 8.84. The van der Waals surface area contributed by atoms with Gasteiger partial charge in [-0.25, -0.2) is 0 Å². The summed E-state index contributed by atoms with van der Waals surface area (Å²) in [7, 11) is -3.28. The molecule has 0 amide bonds. The van der Waals surface area contributed by atoms with Crippen molar-refractivity contribution in [1.29, 1.82) is 0 Å². The molecule has 0 aliphatic carbocycles. The van der Waals surface area contributed by atoms with Crippen LogP contribution in [0.1, 0.15) is 39.5 Å². The van der Waals surface area contributed by atoms with Gasteiger partial charge in [0.25, 0.3) is 10.2 Å². The van der Waals surface area contributed by atoms with Crippen molar-refractivity contribution in [2.24, 2.45) is 5.73 Å². The molecule has 0 unspecified atom stereocenters. The predicted octanol–water partition coefficient (Wildman–Crippen LogP) is 0.462. The first-order chi connectivity index (χ1) is 9.88. The van der Waals surface area contributed by atoms with Crippen molar-refractivity contribution in [2.75, 3.05) is 45.8 Å².